The number of aromatic nitrogens is 2. The van der Waals surface area contributed by atoms with Crippen LogP contribution >= 0.6 is 11.6 Å². The second kappa shape index (κ2) is 8.29. The lowest BCUT2D eigenvalue weighted by Crippen LogP contribution is -2.06. The van der Waals surface area contributed by atoms with E-state index in [0.29, 0.717) is 10.8 Å². The standard InChI is InChI=1S/C23H17ClN2O3/c1-2-28-23(27)21-22(29-14-25-21)17-5-3-4-15(12-17)6-10-19-11-8-16-7-9-18(24)13-20(16)26-19/h3-14H,2H2,1H3/b10-6+. The topological polar surface area (TPSA) is 65.2 Å². The summed E-state index contributed by atoms with van der Waals surface area (Å²) in [5.74, 6) is -0.117. The molecule has 29 heavy (non-hydrogen) atoms. The highest BCUT2D eigenvalue weighted by Gasteiger charge is 2.19. The maximum atomic E-state index is 12.1. The maximum Gasteiger partial charge on any atom is 0.360 e. The normalized spacial score (nSPS) is 11.2. The van der Waals surface area contributed by atoms with Crippen molar-refractivity contribution < 1.29 is 13.9 Å². The van der Waals surface area contributed by atoms with Gasteiger partial charge in [-0.1, -0.05) is 48.0 Å². The Balaban J connectivity index is 1.62. The fraction of sp³-hybridized carbons (Fsp3) is 0.0870. The summed E-state index contributed by atoms with van der Waals surface area (Å²) in [6.45, 7) is 2.02. The number of carbonyl (C=O) groups excluding carboxylic acids is 1. The number of benzene rings is 2. The van der Waals surface area contributed by atoms with Gasteiger partial charge in [0.05, 0.1) is 17.8 Å². The first-order chi connectivity index (χ1) is 14.1. The van der Waals surface area contributed by atoms with Crippen LogP contribution in [-0.2, 0) is 4.74 Å². The summed E-state index contributed by atoms with van der Waals surface area (Å²) in [4.78, 5) is 20.7. The van der Waals surface area contributed by atoms with Gasteiger partial charge in [0.1, 0.15) is 0 Å². The van der Waals surface area contributed by atoms with E-state index >= 15 is 0 Å². The number of pyridine rings is 1. The molecule has 0 aliphatic heterocycles. The van der Waals surface area contributed by atoms with Crippen LogP contribution < -0.4 is 0 Å². The fourth-order valence-electron chi connectivity index (χ4n) is 2.96. The zero-order valence-corrected chi connectivity index (χ0v) is 16.4. The molecule has 0 saturated heterocycles. The number of hydrogen-bond donors (Lipinski definition) is 0. The molecule has 0 amide bonds. The molecule has 0 fully saturated rings. The molecule has 0 aliphatic carbocycles. The van der Waals surface area contributed by atoms with E-state index in [1.807, 2.05) is 66.7 Å². The number of oxazole rings is 1. The molecule has 0 unspecified atom stereocenters. The first-order valence-electron chi connectivity index (χ1n) is 9.09. The van der Waals surface area contributed by atoms with E-state index in [0.717, 1.165) is 27.7 Å². The molecule has 4 rings (SSSR count). The van der Waals surface area contributed by atoms with Crippen LogP contribution in [0.25, 0.3) is 34.4 Å². The Labute approximate surface area is 172 Å². The van der Waals surface area contributed by atoms with Crippen LogP contribution in [0.2, 0.25) is 5.02 Å². The summed E-state index contributed by atoms with van der Waals surface area (Å²) in [7, 11) is 0. The number of carbonyl (C=O) groups is 1. The summed E-state index contributed by atoms with van der Waals surface area (Å²) in [6, 6.07) is 17.2. The number of halogens is 1. The number of ether oxygens (including phenoxy) is 1. The van der Waals surface area contributed by atoms with E-state index in [-0.39, 0.29) is 12.3 Å². The van der Waals surface area contributed by atoms with Crippen LogP contribution in [0.3, 0.4) is 0 Å². The third-order valence-electron chi connectivity index (χ3n) is 4.31. The van der Waals surface area contributed by atoms with Crippen LogP contribution in [0.5, 0.6) is 0 Å². The Hall–Kier alpha value is -3.44. The van der Waals surface area contributed by atoms with E-state index in [2.05, 4.69) is 9.97 Å². The van der Waals surface area contributed by atoms with Crippen molar-refractivity contribution in [2.45, 2.75) is 6.92 Å². The molecule has 2 heterocycles. The van der Waals surface area contributed by atoms with E-state index in [4.69, 9.17) is 20.8 Å². The van der Waals surface area contributed by atoms with Crippen molar-refractivity contribution in [3.05, 3.63) is 83.0 Å². The molecular formula is C23H17ClN2O3. The number of fused-ring (bicyclic) bond motifs is 1. The quantitative estimate of drug-likeness (QED) is 0.388. The molecule has 0 spiro atoms. The Morgan fingerprint density at radius 1 is 1.14 bits per heavy atom. The summed E-state index contributed by atoms with van der Waals surface area (Å²) in [6.07, 6.45) is 5.11. The molecule has 0 saturated carbocycles. The zero-order chi connectivity index (χ0) is 20.2. The minimum Gasteiger partial charge on any atom is -0.461 e. The average Bonchev–Trinajstić information content (AvgIpc) is 3.22. The Morgan fingerprint density at radius 2 is 2.00 bits per heavy atom. The Morgan fingerprint density at radius 3 is 2.86 bits per heavy atom. The van der Waals surface area contributed by atoms with Gasteiger partial charge in [-0.25, -0.2) is 14.8 Å². The molecule has 2 aromatic carbocycles. The molecule has 0 atom stereocenters. The minimum absolute atomic E-state index is 0.168. The van der Waals surface area contributed by atoms with Crippen LogP contribution in [-0.4, -0.2) is 22.5 Å². The molecule has 0 bridgehead atoms. The van der Waals surface area contributed by atoms with Gasteiger partial charge in [-0.2, -0.15) is 0 Å². The van der Waals surface area contributed by atoms with Gasteiger partial charge in [-0.3, -0.25) is 0 Å². The van der Waals surface area contributed by atoms with Crippen LogP contribution in [0, 0.1) is 0 Å². The molecule has 144 valence electrons. The van der Waals surface area contributed by atoms with Crippen LogP contribution in [0.15, 0.2) is 65.4 Å². The second-order valence-electron chi connectivity index (χ2n) is 6.28. The smallest absolute Gasteiger partial charge is 0.360 e. The molecule has 4 aromatic rings. The summed E-state index contributed by atoms with van der Waals surface area (Å²) in [5.41, 5.74) is 3.50. The first kappa shape index (κ1) is 18.9. The van der Waals surface area contributed by atoms with Gasteiger partial charge in [0.25, 0.3) is 0 Å². The molecule has 0 radical (unpaired) electrons. The third-order valence-corrected chi connectivity index (χ3v) is 4.54. The summed E-state index contributed by atoms with van der Waals surface area (Å²) in [5, 5.41) is 1.69. The van der Waals surface area contributed by atoms with Crippen molar-refractivity contribution in [2.24, 2.45) is 0 Å². The number of hydrogen-bond acceptors (Lipinski definition) is 5. The highest BCUT2D eigenvalue weighted by atomic mass is 35.5. The minimum atomic E-state index is -0.504. The van der Waals surface area contributed by atoms with Gasteiger partial charge in [-0.05, 0) is 42.8 Å². The van der Waals surface area contributed by atoms with Crippen LogP contribution in [0.4, 0.5) is 0 Å². The molecule has 0 N–H and O–H groups in total. The van der Waals surface area contributed by atoms with Gasteiger partial charge in [-0.15, -0.1) is 0 Å². The Bertz CT molecular complexity index is 1210. The zero-order valence-electron chi connectivity index (χ0n) is 15.6. The first-order valence-corrected chi connectivity index (χ1v) is 9.47. The summed E-state index contributed by atoms with van der Waals surface area (Å²) < 4.78 is 10.5. The Kier molecular flexibility index (Phi) is 5.40. The molecule has 6 heteroatoms. The molecule has 5 nitrogen and oxygen atoms in total. The lowest BCUT2D eigenvalue weighted by molar-refractivity contribution is 0.0520. The lowest BCUT2D eigenvalue weighted by atomic mass is 10.1. The summed E-state index contributed by atoms with van der Waals surface area (Å²) >= 11 is 6.06. The highest BCUT2D eigenvalue weighted by molar-refractivity contribution is 6.31. The second-order valence-corrected chi connectivity index (χ2v) is 6.72. The highest BCUT2D eigenvalue weighted by Crippen LogP contribution is 2.25. The van der Waals surface area contributed by atoms with Crippen LogP contribution in [0.1, 0.15) is 28.7 Å². The predicted molar refractivity (Wildman–Crippen MR) is 114 cm³/mol. The van der Waals surface area contributed by atoms with E-state index in [9.17, 15) is 4.79 Å². The van der Waals surface area contributed by atoms with Crippen molar-refractivity contribution in [3.8, 4) is 11.3 Å². The van der Waals surface area contributed by atoms with Gasteiger partial charge in [0.2, 0.25) is 0 Å². The average molecular weight is 405 g/mol. The van der Waals surface area contributed by atoms with Gasteiger partial charge in [0, 0.05) is 16.0 Å². The van der Waals surface area contributed by atoms with E-state index in [1.54, 1.807) is 6.92 Å². The largest absolute Gasteiger partial charge is 0.461 e. The number of nitrogens with zero attached hydrogens (tertiary/aromatic N) is 2. The lowest BCUT2D eigenvalue weighted by Gasteiger charge is -2.03. The maximum absolute atomic E-state index is 12.1. The predicted octanol–water partition coefficient (Wildman–Crippen LogP) is 5.89. The SMILES string of the molecule is CCOC(=O)c1ncoc1-c1cccc(/C=C/c2ccc3ccc(Cl)cc3n2)c1. The molecule has 0 aliphatic rings. The van der Waals surface area contributed by atoms with Gasteiger partial charge >= 0.3 is 5.97 Å². The number of esters is 1. The van der Waals surface area contributed by atoms with Crippen molar-refractivity contribution >= 4 is 40.6 Å². The number of rotatable bonds is 5. The van der Waals surface area contributed by atoms with Crippen molar-refractivity contribution in [3.63, 3.8) is 0 Å². The van der Waals surface area contributed by atoms with E-state index in [1.165, 1.54) is 6.39 Å². The monoisotopic (exact) mass is 404 g/mol. The molecular weight excluding hydrogens is 388 g/mol. The van der Waals surface area contributed by atoms with Crippen molar-refractivity contribution in [2.75, 3.05) is 6.61 Å². The van der Waals surface area contributed by atoms with Crippen molar-refractivity contribution in [1.82, 2.24) is 9.97 Å². The van der Waals surface area contributed by atoms with Gasteiger partial charge < -0.3 is 9.15 Å². The van der Waals surface area contributed by atoms with Crippen molar-refractivity contribution in [1.29, 1.82) is 0 Å². The van der Waals surface area contributed by atoms with Gasteiger partial charge in [0.15, 0.2) is 17.8 Å². The molecule has 2 aromatic heterocycles. The van der Waals surface area contributed by atoms with E-state index < -0.39 is 5.97 Å². The third kappa shape index (κ3) is 4.20. The fourth-order valence-corrected chi connectivity index (χ4v) is 3.13.